The lowest BCUT2D eigenvalue weighted by molar-refractivity contribution is -0.116. The lowest BCUT2D eigenvalue weighted by atomic mass is 10.1. The van der Waals surface area contributed by atoms with Crippen LogP contribution in [0.25, 0.3) is 11.0 Å². The Morgan fingerprint density at radius 1 is 0.939 bits per heavy atom. The number of hydrogen-bond donors (Lipinski definition) is 2. The van der Waals surface area contributed by atoms with Gasteiger partial charge in [0.2, 0.25) is 5.91 Å². The van der Waals surface area contributed by atoms with Crippen molar-refractivity contribution in [1.82, 2.24) is 14.9 Å². The van der Waals surface area contributed by atoms with E-state index in [9.17, 15) is 9.59 Å². The quantitative estimate of drug-likeness (QED) is 0.392. The molecule has 6 heteroatoms. The molecule has 2 N–H and O–H groups in total. The maximum atomic E-state index is 12.9. The smallest absolute Gasteiger partial charge is 0.251 e. The fourth-order valence-corrected chi connectivity index (χ4v) is 3.92. The first kappa shape index (κ1) is 22.3. The molecule has 168 valence electrons. The summed E-state index contributed by atoms with van der Waals surface area (Å²) in [5, 5.41) is 5.97. The summed E-state index contributed by atoms with van der Waals surface area (Å²) in [6.07, 6.45) is 1.38. The Bertz CT molecular complexity index is 1280. The number of imidazole rings is 1. The Balaban J connectivity index is 1.43. The molecule has 2 amide bonds. The number of rotatable bonds is 8. The molecule has 1 heterocycles. The average molecular weight is 441 g/mol. The van der Waals surface area contributed by atoms with Crippen molar-refractivity contribution < 1.29 is 9.59 Å². The zero-order chi connectivity index (χ0) is 23.2. The van der Waals surface area contributed by atoms with Gasteiger partial charge < -0.3 is 15.2 Å². The summed E-state index contributed by atoms with van der Waals surface area (Å²) in [5.41, 5.74) is 5.45. The van der Waals surface area contributed by atoms with Crippen molar-refractivity contribution >= 4 is 28.5 Å². The highest BCUT2D eigenvalue weighted by Gasteiger charge is 2.14. The molecule has 0 fully saturated rings. The van der Waals surface area contributed by atoms with Gasteiger partial charge in [0, 0.05) is 24.2 Å². The third kappa shape index (κ3) is 5.47. The summed E-state index contributed by atoms with van der Waals surface area (Å²) < 4.78 is 1.97. The number of fused-ring (bicyclic) bond motifs is 1. The van der Waals surface area contributed by atoms with E-state index in [4.69, 9.17) is 4.98 Å². The summed E-state index contributed by atoms with van der Waals surface area (Å²) in [6, 6.07) is 23.0. The van der Waals surface area contributed by atoms with Crippen molar-refractivity contribution in [3.05, 3.63) is 95.3 Å². The number of aromatic nitrogens is 2. The minimum absolute atomic E-state index is 0.0862. The van der Waals surface area contributed by atoms with E-state index in [0.717, 1.165) is 40.1 Å². The van der Waals surface area contributed by atoms with E-state index in [1.165, 1.54) is 0 Å². The third-order valence-electron chi connectivity index (χ3n) is 5.59. The van der Waals surface area contributed by atoms with Crippen LogP contribution >= 0.6 is 0 Å². The van der Waals surface area contributed by atoms with Crippen LogP contribution in [0, 0.1) is 13.8 Å². The van der Waals surface area contributed by atoms with Crippen LogP contribution in [0.2, 0.25) is 0 Å². The SMILES string of the molecule is Cc1ccc(NC(=O)Cn2c(CCCNC(=O)c3ccccc3)nc3ccccc32)c(C)c1. The highest BCUT2D eigenvalue weighted by molar-refractivity contribution is 5.94. The van der Waals surface area contributed by atoms with Gasteiger partial charge in [-0.1, -0.05) is 48.0 Å². The molecule has 6 nitrogen and oxygen atoms in total. The van der Waals surface area contributed by atoms with Crippen molar-refractivity contribution in [3.8, 4) is 0 Å². The number of hydrogen-bond acceptors (Lipinski definition) is 3. The number of nitrogens with zero attached hydrogens (tertiary/aromatic N) is 2. The molecule has 33 heavy (non-hydrogen) atoms. The largest absolute Gasteiger partial charge is 0.352 e. The van der Waals surface area contributed by atoms with Gasteiger partial charge in [-0.25, -0.2) is 4.98 Å². The van der Waals surface area contributed by atoms with Gasteiger partial charge in [0.05, 0.1) is 11.0 Å². The van der Waals surface area contributed by atoms with E-state index in [0.29, 0.717) is 18.5 Å². The molecule has 0 saturated carbocycles. The number of carbonyl (C=O) groups is 2. The predicted octanol–water partition coefficient (Wildman–Crippen LogP) is 4.65. The molecular formula is C27H28N4O2. The molecule has 0 radical (unpaired) electrons. The second-order valence-electron chi connectivity index (χ2n) is 8.19. The molecule has 0 unspecified atom stereocenters. The maximum absolute atomic E-state index is 12.9. The summed E-state index contributed by atoms with van der Waals surface area (Å²) >= 11 is 0. The number of aryl methyl sites for hydroxylation is 3. The second-order valence-corrected chi connectivity index (χ2v) is 8.19. The molecule has 0 spiro atoms. The first-order chi connectivity index (χ1) is 16.0. The Hall–Kier alpha value is -3.93. The highest BCUT2D eigenvalue weighted by Crippen LogP contribution is 2.19. The van der Waals surface area contributed by atoms with Gasteiger partial charge in [-0.05, 0) is 56.2 Å². The van der Waals surface area contributed by atoms with Crippen LogP contribution in [0.15, 0.2) is 72.8 Å². The average Bonchev–Trinajstić information content (AvgIpc) is 3.16. The van der Waals surface area contributed by atoms with E-state index >= 15 is 0 Å². The lowest BCUT2D eigenvalue weighted by Gasteiger charge is -2.12. The van der Waals surface area contributed by atoms with Crippen LogP contribution in [0.4, 0.5) is 5.69 Å². The number of amides is 2. The minimum atomic E-state index is -0.0938. The van der Waals surface area contributed by atoms with Crippen molar-refractivity contribution in [2.45, 2.75) is 33.2 Å². The number of para-hydroxylation sites is 2. The Morgan fingerprint density at radius 3 is 2.48 bits per heavy atom. The molecule has 3 aromatic carbocycles. The molecular weight excluding hydrogens is 412 g/mol. The van der Waals surface area contributed by atoms with E-state index < -0.39 is 0 Å². The van der Waals surface area contributed by atoms with Crippen molar-refractivity contribution in [1.29, 1.82) is 0 Å². The molecule has 4 rings (SSSR count). The summed E-state index contributed by atoms with van der Waals surface area (Å²) in [7, 11) is 0. The van der Waals surface area contributed by atoms with Crippen LogP contribution < -0.4 is 10.6 Å². The van der Waals surface area contributed by atoms with E-state index in [1.54, 1.807) is 12.1 Å². The Kier molecular flexibility index (Phi) is 6.83. The molecule has 4 aromatic rings. The number of nitrogens with one attached hydrogen (secondary N) is 2. The molecule has 0 bridgehead atoms. The topological polar surface area (TPSA) is 76.0 Å². The van der Waals surface area contributed by atoms with Gasteiger partial charge in [0.1, 0.15) is 12.4 Å². The highest BCUT2D eigenvalue weighted by atomic mass is 16.2. The normalized spacial score (nSPS) is 10.8. The zero-order valence-electron chi connectivity index (χ0n) is 19.0. The Morgan fingerprint density at radius 2 is 1.70 bits per heavy atom. The standard InChI is InChI=1S/C27H28N4O2/c1-19-14-15-22(20(2)17-19)30-26(32)18-31-24-12-7-6-11-23(24)29-25(31)13-8-16-28-27(33)21-9-4-3-5-10-21/h3-7,9-12,14-15,17H,8,13,16,18H2,1-2H3,(H,28,33)(H,30,32). The second kappa shape index (κ2) is 10.1. The molecule has 1 aromatic heterocycles. The van der Waals surface area contributed by atoms with Crippen LogP contribution in [0.3, 0.4) is 0 Å². The van der Waals surface area contributed by atoms with Crippen molar-refractivity contribution in [2.75, 3.05) is 11.9 Å². The van der Waals surface area contributed by atoms with E-state index in [-0.39, 0.29) is 18.4 Å². The summed E-state index contributed by atoms with van der Waals surface area (Å²) in [4.78, 5) is 29.9. The zero-order valence-corrected chi connectivity index (χ0v) is 19.0. The van der Waals surface area contributed by atoms with Crippen LogP contribution in [0.5, 0.6) is 0 Å². The molecule has 0 aliphatic heterocycles. The fourth-order valence-electron chi connectivity index (χ4n) is 3.92. The van der Waals surface area contributed by atoms with Gasteiger partial charge in [0.25, 0.3) is 5.91 Å². The van der Waals surface area contributed by atoms with Gasteiger partial charge in [0.15, 0.2) is 0 Å². The first-order valence-electron chi connectivity index (χ1n) is 11.2. The summed E-state index contributed by atoms with van der Waals surface area (Å²) in [5.74, 6) is 0.654. The van der Waals surface area contributed by atoms with Gasteiger partial charge >= 0.3 is 0 Å². The van der Waals surface area contributed by atoms with Gasteiger partial charge in [-0.3, -0.25) is 9.59 Å². The number of anilines is 1. The molecule has 0 saturated heterocycles. The van der Waals surface area contributed by atoms with Gasteiger partial charge in [-0.15, -0.1) is 0 Å². The summed E-state index contributed by atoms with van der Waals surface area (Å²) in [6.45, 7) is 4.74. The monoisotopic (exact) mass is 440 g/mol. The molecule has 0 aliphatic carbocycles. The Labute approximate surface area is 193 Å². The van der Waals surface area contributed by atoms with Crippen LogP contribution in [-0.2, 0) is 17.8 Å². The predicted molar refractivity (Wildman–Crippen MR) is 131 cm³/mol. The van der Waals surface area contributed by atoms with E-state index in [2.05, 4.69) is 16.7 Å². The molecule has 0 atom stereocenters. The fraction of sp³-hybridized carbons (Fsp3) is 0.222. The van der Waals surface area contributed by atoms with E-state index in [1.807, 2.05) is 73.0 Å². The molecule has 0 aliphatic rings. The third-order valence-corrected chi connectivity index (χ3v) is 5.59. The lowest BCUT2D eigenvalue weighted by Crippen LogP contribution is -2.25. The maximum Gasteiger partial charge on any atom is 0.251 e. The number of carbonyl (C=O) groups excluding carboxylic acids is 2. The van der Waals surface area contributed by atoms with Gasteiger partial charge in [-0.2, -0.15) is 0 Å². The minimum Gasteiger partial charge on any atom is -0.352 e. The van der Waals surface area contributed by atoms with Crippen LogP contribution in [0.1, 0.15) is 33.7 Å². The van der Waals surface area contributed by atoms with Crippen LogP contribution in [-0.4, -0.2) is 27.9 Å². The van der Waals surface area contributed by atoms with Crippen molar-refractivity contribution in [2.24, 2.45) is 0 Å². The number of benzene rings is 3. The first-order valence-corrected chi connectivity index (χ1v) is 11.2. The van der Waals surface area contributed by atoms with Crippen molar-refractivity contribution in [3.63, 3.8) is 0 Å².